The second-order valence-corrected chi connectivity index (χ2v) is 8.58. The highest BCUT2D eigenvalue weighted by molar-refractivity contribution is 5.40. The summed E-state index contributed by atoms with van der Waals surface area (Å²) in [5.74, 6) is 2.43. The molecule has 0 aromatic heterocycles. The van der Waals surface area contributed by atoms with Gasteiger partial charge in [-0.25, -0.2) is 0 Å². The summed E-state index contributed by atoms with van der Waals surface area (Å²) >= 11 is 0. The van der Waals surface area contributed by atoms with Crippen LogP contribution in [0.5, 0.6) is 5.75 Å². The maximum atomic E-state index is 11.3. The van der Waals surface area contributed by atoms with E-state index in [-0.39, 0.29) is 5.41 Å². The molecule has 0 amide bonds. The smallest absolute Gasteiger partial charge is 0.115 e. The van der Waals surface area contributed by atoms with Crippen LogP contribution in [0.1, 0.15) is 75.8 Å². The summed E-state index contributed by atoms with van der Waals surface area (Å²) in [6.07, 6.45) is 8.89. The van der Waals surface area contributed by atoms with Gasteiger partial charge in [-0.1, -0.05) is 26.3 Å². The van der Waals surface area contributed by atoms with Crippen LogP contribution in [-0.4, -0.2) is 15.8 Å². The van der Waals surface area contributed by atoms with Crippen molar-refractivity contribution in [2.45, 2.75) is 76.7 Å². The number of hydrogen-bond donors (Lipinski definition) is 2. The molecule has 0 radical (unpaired) electrons. The highest BCUT2D eigenvalue weighted by atomic mass is 16.3. The van der Waals surface area contributed by atoms with Gasteiger partial charge in [0.15, 0.2) is 0 Å². The first-order valence-electron chi connectivity index (χ1n) is 9.53. The molecule has 0 unspecified atom stereocenters. The predicted octanol–water partition coefficient (Wildman–Crippen LogP) is 4.78. The van der Waals surface area contributed by atoms with Crippen molar-refractivity contribution in [3.8, 4) is 5.75 Å². The molecular formula is C21H30O2. The van der Waals surface area contributed by atoms with Gasteiger partial charge in [0.1, 0.15) is 5.75 Å². The second-order valence-electron chi connectivity index (χ2n) is 8.58. The molecule has 2 nitrogen and oxygen atoms in total. The van der Waals surface area contributed by atoms with E-state index in [4.69, 9.17) is 0 Å². The van der Waals surface area contributed by atoms with Gasteiger partial charge in [-0.15, -0.1) is 0 Å². The lowest BCUT2D eigenvalue weighted by atomic mass is 9.53. The maximum Gasteiger partial charge on any atom is 0.115 e. The van der Waals surface area contributed by atoms with Gasteiger partial charge >= 0.3 is 0 Å². The molecule has 126 valence electrons. The first-order valence-corrected chi connectivity index (χ1v) is 9.53. The second kappa shape index (κ2) is 5.24. The third-order valence-corrected chi connectivity index (χ3v) is 7.70. The first-order chi connectivity index (χ1) is 11.0. The number of aryl methyl sites for hydroxylation is 1. The van der Waals surface area contributed by atoms with E-state index in [1.807, 2.05) is 12.1 Å². The molecule has 0 bridgehead atoms. The summed E-state index contributed by atoms with van der Waals surface area (Å²) in [6.45, 7) is 4.58. The summed E-state index contributed by atoms with van der Waals surface area (Å²) < 4.78 is 0. The van der Waals surface area contributed by atoms with Crippen molar-refractivity contribution in [2.24, 2.45) is 17.3 Å². The van der Waals surface area contributed by atoms with Gasteiger partial charge in [-0.2, -0.15) is 0 Å². The molecule has 3 aliphatic carbocycles. The molecule has 1 aromatic carbocycles. The normalized spacial score (nSPS) is 42.0. The average Bonchev–Trinajstić information content (AvgIpc) is 2.79. The van der Waals surface area contributed by atoms with E-state index >= 15 is 0 Å². The van der Waals surface area contributed by atoms with Crippen molar-refractivity contribution in [1.29, 1.82) is 0 Å². The Kier molecular flexibility index (Phi) is 3.53. The lowest BCUT2D eigenvalue weighted by molar-refractivity contribution is -0.107. The average molecular weight is 314 g/mol. The topological polar surface area (TPSA) is 40.5 Å². The number of rotatable bonds is 2. The van der Waals surface area contributed by atoms with Crippen molar-refractivity contribution >= 4 is 0 Å². The number of phenols is 1. The monoisotopic (exact) mass is 314 g/mol. The molecule has 3 aliphatic rings. The molecule has 4 rings (SSSR count). The van der Waals surface area contributed by atoms with E-state index in [0.29, 0.717) is 17.6 Å². The Labute approximate surface area is 139 Å². The molecule has 0 heterocycles. The minimum Gasteiger partial charge on any atom is -0.508 e. The Bertz CT molecular complexity index is 610. The molecule has 2 fully saturated rings. The van der Waals surface area contributed by atoms with Gasteiger partial charge in [-0.05, 0) is 91.4 Å². The van der Waals surface area contributed by atoms with Crippen LogP contribution in [0, 0.1) is 17.3 Å². The number of fused-ring (bicyclic) bond motifs is 5. The maximum absolute atomic E-state index is 11.3. The SMILES string of the molecule is CCC[C@]1(O)CC[C@H]2[C@@H]3CCc4cc(O)ccc4[C@H]3CC[C@@]21C. The number of hydrogen-bond acceptors (Lipinski definition) is 2. The number of phenolic OH excluding ortho intramolecular Hbond substituents is 1. The van der Waals surface area contributed by atoms with Crippen LogP contribution in [0.3, 0.4) is 0 Å². The molecule has 0 aliphatic heterocycles. The zero-order valence-electron chi connectivity index (χ0n) is 14.5. The van der Waals surface area contributed by atoms with Crippen molar-refractivity contribution < 1.29 is 10.2 Å². The quantitative estimate of drug-likeness (QED) is 0.824. The van der Waals surface area contributed by atoms with Crippen molar-refractivity contribution in [3.63, 3.8) is 0 Å². The van der Waals surface area contributed by atoms with Gasteiger partial charge < -0.3 is 10.2 Å². The van der Waals surface area contributed by atoms with Gasteiger partial charge in [0, 0.05) is 0 Å². The first kappa shape index (κ1) is 15.5. The van der Waals surface area contributed by atoms with Crippen LogP contribution in [-0.2, 0) is 6.42 Å². The summed E-state index contributed by atoms with van der Waals surface area (Å²) in [6, 6.07) is 6.00. The lowest BCUT2D eigenvalue weighted by Gasteiger charge is -2.53. The Morgan fingerprint density at radius 1 is 1.17 bits per heavy atom. The molecule has 1 aromatic rings. The zero-order valence-corrected chi connectivity index (χ0v) is 14.5. The lowest BCUT2D eigenvalue weighted by Crippen LogP contribution is -2.50. The number of aromatic hydroxyl groups is 1. The standard InChI is InChI=1S/C21H30O2/c1-3-10-21(23)12-9-19-18-6-4-14-13-15(22)5-7-16(14)17(18)8-11-20(19,21)2/h5,7,13,17-19,22-23H,3-4,6,8-12H2,1-2H3/t17-,18-,19+,20+,21+/m1/s1. The van der Waals surface area contributed by atoms with E-state index in [1.54, 1.807) is 0 Å². The molecule has 0 saturated heterocycles. The summed E-state index contributed by atoms with van der Waals surface area (Å²) in [5.41, 5.74) is 2.51. The third-order valence-electron chi connectivity index (χ3n) is 7.70. The highest BCUT2D eigenvalue weighted by Gasteiger charge is 2.60. The van der Waals surface area contributed by atoms with Crippen LogP contribution < -0.4 is 0 Å². The van der Waals surface area contributed by atoms with Crippen molar-refractivity contribution in [3.05, 3.63) is 29.3 Å². The molecule has 5 atom stereocenters. The molecule has 0 spiro atoms. The molecule has 23 heavy (non-hydrogen) atoms. The molecule has 2 heteroatoms. The van der Waals surface area contributed by atoms with Crippen molar-refractivity contribution in [1.82, 2.24) is 0 Å². The summed E-state index contributed by atoms with van der Waals surface area (Å²) in [5, 5.41) is 21.1. The van der Waals surface area contributed by atoms with E-state index in [9.17, 15) is 10.2 Å². The van der Waals surface area contributed by atoms with Crippen LogP contribution >= 0.6 is 0 Å². The van der Waals surface area contributed by atoms with Gasteiger partial charge in [0.25, 0.3) is 0 Å². The Morgan fingerprint density at radius 3 is 2.78 bits per heavy atom. The minimum atomic E-state index is -0.438. The van der Waals surface area contributed by atoms with Gasteiger partial charge in [-0.3, -0.25) is 0 Å². The number of benzene rings is 1. The van der Waals surface area contributed by atoms with Gasteiger partial charge in [0.2, 0.25) is 0 Å². The molecule has 2 N–H and O–H groups in total. The largest absolute Gasteiger partial charge is 0.508 e. The van der Waals surface area contributed by atoms with E-state index in [2.05, 4.69) is 19.9 Å². The van der Waals surface area contributed by atoms with Crippen LogP contribution in [0.15, 0.2) is 18.2 Å². The van der Waals surface area contributed by atoms with Gasteiger partial charge in [0.05, 0.1) is 5.60 Å². The Hall–Kier alpha value is -1.02. The molecule has 2 saturated carbocycles. The van der Waals surface area contributed by atoms with Crippen LogP contribution in [0.2, 0.25) is 0 Å². The molecular weight excluding hydrogens is 284 g/mol. The predicted molar refractivity (Wildman–Crippen MR) is 92.6 cm³/mol. The van der Waals surface area contributed by atoms with Crippen LogP contribution in [0.4, 0.5) is 0 Å². The Morgan fingerprint density at radius 2 is 2.00 bits per heavy atom. The zero-order chi connectivity index (χ0) is 16.2. The fourth-order valence-corrected chi connectivity index (χ4v) is 6.50. The minimum absolute atomic E-state index is 0.110. The van der Waals surface area contributed by atoms with Crippen LogP contribution in [0.25, 0.3) is 0 Å². The fourth-order valence-electron chi connectivity index (χ4n) is 6.50. The fraction of sp³-hybridized carbons (Fsp3) is 0.714. The van der Waals surface area contributed by atoms with E-state index in [0.717, 1.165) is 38.0 Å². The highest BCUT2D eigenvalue weighted by Crippen LogP contribution is 2.65. The summed E-state index contributed by atoms with van der Waals surface area (Å²) in [4.78, 5) is 0. The van der Waals surface area contributed by atoms with Crippen molar-refractivity contribution in [2.75, 3.05) is 0 Å². The van der Waals surface area contributed by atoms with E-state index in [1.165, 1.54) is 30.4 Å². The summed E-state index contributed by atoms with van der Waals surface area (Å²) in [7, 11) is 0. The van der Waals surface area contributed by atoms with E-state index < -0.39 is 5.60 Å². The number of aliphatic hydroxyl groups is 1. The third kappa shape index (κ3) is 2.10. The Balaban J connectivity index is 1.67.